The monoisotopic (exact) mass is 185 g/mol. The van der Waals surface area contributed by atoms with Crippen LogP contribution in [0.5, 0.6) is 0 Å². The lowest BCUT2D eigenvalue weighted by Crippen LogP contribution is -2.24. The van der Waals surface area contributed by atoms with E-state index in [0.717, 1.165) is 17.3 Å². The Hall–Kier alpha value is -0.480. The van der Waals surface area contributed by atoms with Gasteiger partial charge in [-0.25, -0.2) is 4.98 Å². The minimum atomic E-state index is 0.169. The van der Waals surface area contributed by atoms with Crippen molar-refractivity contribution in [3.8, 4) is 0 Å². The van der Waals surface area contributed by atoms with E-state index in [1.165, 1.54) is 11.5 Å². The highest BCUT2D eigenvalue weighted by atomic mass is 32.1. The average molecular weight is 185 g/mol. The summed E-state index contributed by atoms with van der Waals surface area (Å²) in [5.74, 6) is 1.23. The standard InChI is InChI=1S/C8H15N3S/c1-4-7(5(2)9)8-10-6(3)11-12-8/h5,7H,4,9H2,1-3H3. The molecule has 4 heteroatoms. The van der Waals surface area contributed by atoms with Crippen LogP contribution in [0.4, 0.5) is 0 Å². The molecular weight excluding hydrogens is 170 g/mol. The molecule has 0 fully saturated rings. The maximum absolute atomic E-state index is 5.83. The highest BCUT2D eigenvalue weighted by molar-refractivity contribution is 7.05. The summed E-state index contributed by atoms with van der Waals surface area (Å²) in [5.41, 5.74) is 5.83. The van der Waals surface area contributed by atoms with Gasteiger partial charge in [0, 0.05) is 12.0 Å². The SMILES string of the molecule is CCC(c1nc(C)ns1)C(C)N. The highest BCUT2D eigenvalue weighted by Crippen LogP contribution is 2.23. The van der Waals surface area contributed by atoms with Gasteiger partial charge in [-0.15, -0.1) is 0 Å². The Labute approximate surface area is 77.2 Å². The van der Waals surface area contributed by atoms with E-state index in [-0.39, 0.29) is 6.04 Å². The quantitative estimate of drug-likeness (QED) is 0.779. The molecule has 0 saturated carbocycles. The third-order valence-corrected chi connectivity index (χ3v) is 2.87. The molecule has 0 aliphatic carbocycles. The van der Waals surface area contributed by atoms with Crippen LogP contribution in [0.3, 0.4) is 0 Å². The molecule has 0 aliphatic rings. The van der Waals surface area contributed by atoms with Gasteiger partial charge in [0.1, 0.15) is 10.8 Å². The van der Waals surface area contributed by atoms with Crippen molar-refractivity contribution in [3.05, 3.63) is 10.8 Å². The molecule has 12 heavy (non-hydrogen) atoms. The maximum atomic E-state index is 5.83. The Balaban J connectivity index is 2.80. The molecule has 1 aromatic heterocycles. The van der Waals surface area contributed by atoms with E-state index in [1.807, 2.05) is 13.8 Å². The molecule has 2 atom stereocenters. The van der Waals surface area contributed by atoms with E-state index >= 15 is 0 Å². The molecule has 0 amide bonds. The Bertz CT molecular complexity index is 244. The van der Waals surface area contributed by atoms with Crippen molar-refractivity contribution in [2.45, 2.75) is 39.2 Å². The third-order valence-electron chi connectivity index (χ3n) is 1.93. The topological polar surface area (TPSA) is 51.8 Å². The normalized spacial score (nSPS) is 16.0. The number of hydrogen-bond acceptors (Lipinski definition) is 4. The zero-order chi connectivity index (χ0) is 9.14. The summed E-state index contributed by atoms with van der Waals surface area (Å²) in [4.78, 5) is 4.33. The fourth-order valence-corrected chi connectivity index (χ4v) is 2.19. The second-order valence-corrected chi connectivity index (χ2v) is 3.84. The van der Waals surface area contributed by atoms with Crippen LogP contribution in [0, 0.1) is 6.92 Å². The number of nitrogens with zero attached hydrogens (tertiary/aromatic N) is 2. The van der Waals surface area contributed by atoms with Crippen molar-refractivity contribution in [1.29, 1.82) is 0 Å². The van der Waals surface area contributed by atoms with Crippen LogP contribution < -0.4 is 5.73 Å². The maximum Gasteiger partial charge on any atom is 0.139 e. The van der Waals surface area contributed by atoms with Crippen molar-refractivity contribution in [3.63, 3.8) is 0 Å². The van der Waals surface area contributed by atoms with Crippen LogP contribution in [-0.4, -0.2) is 15.4 Å². The molecule has 2 unspecified atom stereocenters. The fraction of sp³-hybridized carbons (Fsp3) is 0.750. The van der Waals surface area contributed by atoms with Crippen molar-refractivity contribution < 1.29 is 0 Å². The van der Waals surface area contributed by atoms with E-state index < -0.39 is 0 Å². The first-order chi connectivity index (χ1) is 5.65. The van der Waals surface area contributed by atoms with E-state index in [2.05, 4.69) is 16.3 Å². The van der Waals surface area contributed by atoms with Gasteiger partial charge in [-0.05, 0) is 31.8 Å². The summed E-state index contributed by atoms with van der Waals surface area (Å²) in [7, 11) is 0. The molecule has 3 nitrogen and oxygen atoms in total. The molecule has 0 saturated heterocycles. The lowest BCUT2D eigenvalue weighted by atomic mass is 10.0. The first kappa shape index (κ1) is 9.61. The summed E-state index contributed by atoms with van der Waals surface area (Å²) in [6.45, 7) is 6.06. The van der Waals surface area contributed by atoms with Crippen LogP contribution in [0.2, 0.25) is 0 Å². The minimum absolute atomic E-state index is 0.169. The second kappa shape index (κ2) is 3.96. The molecule has 1 aromatic rings. The molecule has 0 aromatic carbocycles. The smallest absolute Gasteiger partial charge is 0.139 e. The van der Waals surface area contributed by atoms with Crippen molar-refractivity contribution in [2.75, 3.05) is 0 Å². The molecule has 2 N–H and O–H groups in total. The summed E-state index contributed by atoms with van der Waals surface area (Å²) < 4.78 is 4.14. The van der Waals surface area contributed by atoms with Crippen LogP contribution in [0.25, 0.3) is 0 Å². The highest BCUT2D eigenvalue weighted by Gasteiger charge is 2.17. The lowest BCUT2D eigenvalue weighted by molar-refractivity contribution is 0.549. The molecule has 0 bridgehead atoms. The molecule has 1 heterocycles. The number of rotatable bonds is 3. The van der Waals surface area contributed by atoms with E-state index in [4.69, 9.17) is 5.73 Å². The first-order valence-corrected chi connectivity index (χ1v) is 4.98. The third kappa shape index (κ3) is 2.01. The van der Waals surface area contributed by atoms with Crippen LogP contribution in [0.15, 0.2) is 0 Å². The summed E-state index contributed by atoms with van der Waals surface area (Å²) in [6, 6.07) is 0.169. The Morgan fingerprint density at radius 2 is 2.25 bits per heavy atom. The molecular formula is C8H15N3S. The fourth-order valence-electron chi connectivity index (χ4n) is 1.24. The predicted molar refractivity (Wildman–Crippen MR) is 51.3 cm³/mol. The summed E-state index contributed by atoms with van der Waals surface area (Å²) in [5, 5.41) is 1.07. The zero-order valence-corrected chi connectivity index (χ0v) is 8.56. The van der Waals surface area contributed by atoms with Crippen LogP contribution >= 0.6 is 11.5 Å². The Kier molecular flexibility index (Phi) is 3.17. The van der Waals surface area contributed by atoms with Gasteiger partial charge in [0.15, 0.2) is 0 Å². The Morgan fingerprint density at radius 1 is 1.58 bits per heavy atom. The Morgan fingerprint density at radius 3 is 2.58 bits per heavy atom. The average Bonchev–Trinajstić information content (AvgIpc) is 2.37. The molecule has 0 radical (unpaired) electrons. The molecule has 1 rings (SSSR count). The van der Waals surface area contributed by atoms with Crippen molar-refractivity contribution in [1.82, 2.24) is 9.36 Å². The number of aromatic nitrogens is 2. The van der Waals surface area contributed by atoms with E-state index in [1.54, 1.807) is 0 Å². The summed E-state index contributed by atoms with van der Waals surface area (Å²) in [6.07, 6.45) is 1.03. The van der Waals surface area contributed by atoms with E-state index in [0.29, 0.717) is 5.92 Å². The van der Waals surface area contributed by atoms with Gasteiger partial charge in [0.2, 0.25) is 0 Å². The van der Waals surface area contributed by atoms with Gasteiger partial charge in [0.05, 0.1) is 0 Å². The van der Waals surface area contributed by atoms with Gasteiger partial charge >= 0.3 is 0 Å². The number of hydrogen-bond donors (Lipinski definition) is 1. The molecule has 68 valence electrons. The van der Waals surface area contributed by atoms with Crippen molar-refractivity contribution in [2.24, 2.45) is 5.73 Å². The minimum Gasteiger partial charge on any atom is -0.327 e. The lowest BCUT2D eigenvalue weighted by Gasteiger charge is -2.14. The number of nitrogens with two attached hydrogens (primary N) is 1. The van der Waals surface area contributed by atoms with Crippen LogP contribution in [0.1, 0.15) is 37.0 Å². The van der Waals surface area contributed by atoms with Gasteiger partial charge < -0.3 is 5.73 Å². The summed E-state index contributed by atoms with van der Waals surface area (Å²) >= 11 is 1.47. The number of aryl methyl sites for hydroxylation is 1. The molecule has 0 aliphatic heterocycles. The van der Waals surface area contributed by atoms with Crippen molar-refractivity contribution >= 4 is 11.5 Å². The van der Waals surface area contributed by atoms with Gasteiger partial charge in [-0.3, -0.25) is 0 Å². The van der Waals surface area contributed by atoms with Gasteiger partial charge in [-0.1, -0.05) is 6.92 Å². The zero-order valence-electron chi connectivity index (χ0n) is 7.74. The van der Waals surface area contributed by atoms with Gasteiger partial charge in [0.25, 0.3) is 0 Å². The molecule has 0 spiro atoms. The van der Waals surface area contributed by atoms with Gasteiger partial charge in [-0.2, -0.15) is 4.37 Å². The van der Waals surface area contributed by atoms with E-state index in [9.17, 15) is 0 Å². The van der Waals surface area contributed by atoms with Crippen LogP contribution in [-0.2, 0) is 0 Å². The first-order valence-electron chi connectivity index (χ1n) is 4.21. The largest absolute Gasteiger partial charge is 0.327 e. The predicted octanol–water partition coefficient (Wildman–Crippen LogP) is 1.69. The second-order valence-electron chi connectivity index (χ2n) is 3.05.